The monoisotopic (exact) mass is 410 g/mol. The molecule has 0 spiro atoms. The largest absolute Gasteiger partial charge is 0.340 e. The molecule has 0 radical (unpaired) electrons. The number of carbonyl (C=O) groups excluding carboxylic acids is 2. The summed E-state index contributed by atoms with van der Waals surface area (Å²) in [6.45, 7) is 6.19. The van der Waals surface area contributed by atoms with Crippen molar-refractivity contribution >= 4 is 23.2 Å². The van der Waals surface area contributed by atoms with Crippen molar-refractivity contribution in [3.05, 3.63) is 69.3 Å². The number of nitrogens with zero attached hydrogens (tertiary/aromatic N) is 3. The molecule has 2 aromatic carbocycles. The van der Waals surface area contributed by atoms with Gasteiger partial charge in [0, 0.05) is 32.2 Å². The molecule has 3 rings (SSSR count). The number of nitrogens with one attached hydrogen (secondary N) is 1. The normalized spacial score (nSPS) is 14.4. The number of hydrogen-bond acceptors (Lipinski definition) is 5. The molecule has 8 nitrogen and oxygen atoms in total. The molecule has 1 heterocycles. The maximum absolute atomic E-state index is 12.5. The average Bonchev–Trinajstić information content (AvgIpc) is 2.71. The molecule has 1 fully saturated rings. The second-order valence-corrected chi connectivity index (χ2v) is 7.65. The van der Waals surface area contributed by atoms with Crippen LogP contribution in [0.25, 0.3) is 0 Å². The summed E-state index contributed by atoms with van der Waals surface area (Å²) in [7, 11) is 0. The van der Waals surface area contributed by atoms with E-state index in [1.807, 2.05) is 41.0 Å². The molecule has 0 unspecified atom stereocenters. The molecule has 0 saturated carbocycles. The Labute approximate surface area is 175 Å². The fourth-order valence-corrected chi connectivity index (χ4v) is 3.44. The van der Waals surface area contributed by atoms with Crippen LogP contribution in [-0.2, 0) is 16.0 Å². The average molecular weight is 410 g/mol. The number of anilines is 1. The van der Waals surface area contributed by atoms with Crippen LogP contribution in [-0.4, -0.2) is 59.3 Å². The lowest BCUT2D eigenvalue weighted by molar-refractivity contribution is -0.384. The number of piperazine rings is 1. The Morgan fingerprint density at radius 1 is 1.00 bits per heavy atom. The highest BCUT2D eigenvalue weighted by molar-refractivity contribution is 5.94. The Morgan fingerprint density at radius 2 is 1.63 bits per heavy atom. The van der Waals surface area contributed by atoms with Gasteiger partial charge < -0.3 is 10.2 Å². The maximum Gasteiger partial charge on any atom is 0.293 e. The van der Waals surface area contributed by atoms with E-state index < -0.39 is 4.92 Å². The molecule has 158 valence electrons. The molecular weight excluding hydrogens is 384 g/mol. The van der Waals surface area contributed by atoms with Gasteiger partial charge in [-0.3, -0.25) is 24.6 Å². The molecule has 2 aromatic rings. The predicted octanol–water partition coefficient (Wildman–Crippen LogP) is 2.54. The summed E-state index contributed by atoms with van der Waals surface area (Å²) in [6.07, 6.45) is 0.373. The van der Waals surface area contributed by atoms with Crippen LogP contribution in [0.5, 0.6) is 0 Å². The minimum atomic E-state index is -0.499. The van der Waals surface area contributed by atoms with Crippen molar-refractivity contribution < 1.29 is 14.5 Å². The van der Waals surface area contributed by atoms with Crippen LogP contribution in [0, 0.1) is 24.0 Å². The second kappa shape index (κ2) is 9.49. The van der Waals surface area contributed by atoms with Crippen molar-refractivity contribution in [3.8, 4) is 0 Å². The summed E-state index contributed by atoms with van der Waals surface area (Å²) in [4.78, 5) is 39.4. The van der Waals surface area contributed by atoms with Crippen molar-refractivity contribution in [2.24, 2.45) is 0 Å². The van der Waals surface area contributed by atoms with Crippen molar-refractivity contribution in [2.75, 3.05) is 38.0 Å². The first-order valence-corrected chi connectivity index (χ1v) is 9.92. The molecule has 1 N–H and O–H groups in total. The number of benzene rings is 2. The third kappa shape index (κ3) is 5.64. The minimum absolute atomic E-state index is 0.0817. The second-order valence-electron chi connectivity index (χ2n) is 7.65. The smallest absolute Gasteiger partial charge is 0.293 e. The van der Waals surface area contributed by atoms with Crippen molar-refractivity contribution in [2.45, 2.75) is 20.3 Å². The van der Waals surface area contributed by atoms with Crippen LogP contribution in [0.4, 0.5) is 11.4 Å². The molecule has 1 saturated heterocycles. The summed E-state index contributed by atoms with van der Waals surface area (Å²) in [5.74, 6) is -0.223. The van der Waals surface area contributed by atoms with Gasteiger partial charge in [-0.15, -0.1) is 0 Å². The summed E-state index contributed by atoms with van der Waals surface area (Å²) in [5, 5.41) is 13.8. The van der Waals surface area contributed by atoms with Gasteiger partial charge in [0.25, 0.3) is 5.69 Å². The van der Waals surface area contributed by atoms with Gasteiger partial charge in [0.2, 0.25) is 11.8 Å². The van der Waals surface area contributed by atoms with Crippen molar-refractivity contribution in [1.82, 2.24) is 9.80 Å². The third-order valence-electron chi connectivity index (χ3n) is 5.19. The SMILES string of the molecule is Cc1ccc(CC(=O)N2CCN(CC(=O)Nc3ccc(C)cc3[N+](=O)[O-])CC2)cc1. The number of hydrogen-bond donors (Lipinski definition) is 1. The van der Waals surface area contributed by atoms with Gasteiger partial charge >= 0.3 is 0 Å². The molecule has 30 heavy (non-hydrogen) atoms. The summed E-state index contributed by atoms with van der Waals surface area (Å²) in [6, 6.07) is 12.6. The van der Waals surface area contributed by atoms with Gasteiger partial charge in [-0.05, 0) is 31.0 Å². The fraction of sp³-hybridized carbons (Fsp3) is 0.364. The van der Waals surface area contributed by atoms with E-state index in [1.165, 1.54) is 6.07 Å². The highest BCUT2D eigenvalue weighted by Crippen LogP contribution is 2.25. The van der Waals surface area contributed by atoms with E-state index in [-0.39, 0.29) is 29.7 Å². The Morgan fingerprint density at radius 3 is 2.27 bits per heavy atom. The van der Waals surface area contributed by atoms with Gasteiger partial charge in [-0.25, -0.2) is 0 Å². The quantitative estimate of drug-likeness (QED) is 0.583. The molecule has 0 aromatic heterocycles. The number of carbonyl (C=O) groups is 2. The first-order valence-electron chi connectivity index (χ1n) is 9.92. The standard InChI is InChI=1S/C22H26N4O4/c1-16-3-6-18(7-4-16)14-22(28)25-11-9-24(10-12-25)15-21(27)23-19-8-5-17(2)13-20(19)26(29)30/h3-8,13H,9-12,14-15H2,1-2H3,(H,23,27). The van der Waals surface area contributed by atoms with Crippen LogP contribution in [0.15, 0.2) is 42.5 Å². The van der Waals surface area contributed by atoms with E-state index >= 15 is 0 Å². The van der Waals surface area contributed by atoms with Gasteiger partial charge in [-0.1, -0.05) is 35.9 Å². The van der Waals surface area contributed by atoms with E-state index in [2.05, 4.69) is 5.32 Å². The fourth-order valence-electron chi connectivity index (χ4n) is 3.44. The van der Waals surface area contributed by atoms with E-state index in [0.29, 0.717) is 32.6 Å². The molecule has 1 aliphatic heterocycles. The van der Waals surface area contributed by atoms with Gasteiger partial charge in [-0.2, -0.15) is 0 Å². The summed E-state index contributed by atoms with van der Waals surface area (Å²) < 4.78 is 0. The van der Waals surface area contributed by atoms with Crippen molar-refractivity contribution in [3.63, 3.8) is 0 Å². The van der Waals surface area contributed by atoms with E-state index in [1.54, 1.807) is 19.1 Å². The summed E-state index contributed by atoms with van der Waals surface area (Å²) >= 11 is 0. The molecular formula is C22H26N4O4. The zero-order chi connectivity index (χ0) is 21.7. The van der Waals surface area contributed by atoms with Crippen molar-refractivity contribution in [1.29, 1.82) is 0 Å². The van der Waals surface area contributed by atoms with E-state index in [9.17, 15) is 19.7 Å². The molecule has 0 bridgehead atoms. The maximum atomic E-state index is 12.5. The van der Waals surface area contributed by atoms with Gasteiger partial charge in [0.15, 0.2) is 0 Å². The zero-order valence-electron chi connectivity index (χ0n) is 17.3. The number of nitro benzene ring substituents is 1. The molecule has 8 heteroatoms. The Bertz CT molecular complexity index is 935. The molecule has 0 atom stereocenters. The number of amides is 2. The molecule has 2 amide bonds. The number of nitro groups is 1. The zero-order valence-corrected chi connectivity index (χ0v) is 17.3. The predicted molar refractivity (Wildman–Crippen MR) is 114 cm³/mol. The number of rotatable bonds is 6. The third-order valence-corrected chi connectivity index (χ3v) is 5.19. The van der Waals surface area contributed by atoms with Crippen LogP contribution in [0.3, 0.4) is 0 Å². The van der Waals surface area contributed by atoms with Crippen LogP contribution in [0.1, 0.15) is 16.7 Å². The number of aryl methyl sites for hydroxylation is 2. The lowest BCUT2D eigenvalue weighted by atomic mass is 10.1. The topological polar surface area (TPSA) is 95.8 Å². The molecule has 1 aliphatic rings. The lowest BCUT2D eigenvalue weighted by Crippen LogP contribution is -2.50. The first kappa shape index (κ1) is 21.4. The van der Waals surface area contributed by atoms with Crippen LogP contribution < -0.4 is 5.32 Å². The van der Waals surface area contributed by atoms with Gasteiger partial charge in [0.05, 0.1) is 17.9 Å². The summed E-state index contributed by atoms with van der Waals surface area (Å²) in [5.41, 5.74) is 2.99. The molecule has 0 aliphatic carbocycles. The highest BCUT2D eigenvalue weighted by atomic mass is 16.6. The minimum Gasteiger partial charge on any atom is -0.340 e. The lowest BCUT2D eigenvalue weighted by Gasteiger charge is -2.34. The highest BCUT2D eigenvalue weighted by Gasteiger charge is 2.23. The first-order chi connectivity index (χ1) is 14.3. The Balaban J connectivity index is 1.48. The van der Waals surface area contributed by atoms with Crippen LogP contribution in [0.2, 0.25) is 0 Å². The van der Waals surface area contributed by atoms with E-state index in [0.717, 1.165) is 16.7 Å². The Hall–Kier alpha value is -3.26. The Kier molecular flexibility index (Phi) is 6.79. The van der Waals surface area contributed by atoms with E-state index in [4.69, 9.17) is 0 Å². The van der Waals surface area contributed by atoms with Gasteiger partial charge in [0.1, 0.15) is 5.69 Å². The van der Waals surface area contributed by atoms with Crippen LogP contribution >= 0.6 is 0 Å².